The molecule has 1 unspecified atom stereocenters. The number of halogens is 1. The molecule has 1 atom stereocenters. The van der Waals surface area contributed by atoms with Crippen LogP contribution in [0, 0.1) is 3.57 Å². The second-order valence-corrected chi connectivity index (χ2v) is 5.24. The Kier molecular flexibility index (Phi) is 2.60. The van der Waals surface area contributed by atoms with Gasteiger partial charge in [-0.05, 0) is 53.3 Å². The van der Waals surface area contributed by atoms with Crippen molar-refractivity contribution in [2.75, 3.05) is 13.1 Å². The molecule has 1 nitrogen and oxygen atoms in total. The first-order valence-corrected chi connectivity index (χ1v) is 5.75. The number of hydrogen-bond acceptors (Lipinski definition) is 1. The lowest BCUT2D eigenvalue weighted by atomic mass is 9.82. The van der Waals surface area contributed by atoms with Gasteiger partial charge in [0, 0.05) is 15.5 Å². The fourth-order valence-corrected chi connectivity index (χ4v) is 2.28. The van der Waals surface area contributed by atoms with Crippen LogP contribution in [0.3, 0.4) is 0 Å². The summed E-state index contributed by atoms with van der Waals surface area (Å²) in [6.07, 6.45) is 1.26. The van der Waals surface area contributed by atoms with Crippen LogP contribution in [0.5, 0.6) is 0 Å². The van der Waals surface area contributed by atoms with Gasteiger partial charge in [-0.1, -0.05) is 19.1 Å². The minimum atomic E-state index is 0.365. The van der Waals surface area contributed by atoms with Crippen LogP contribution in [0.25, 0.3) is 0 Å². The maximum Gasteiger partial charge on any atom is 0.0130 e. The molecule has 1 fully saturated rings. The largest absolute Gasteiger partial charge is 0.316 e. The first kappa shape index (κ1) is 9.46. The van der Waals surface area contributed by atoms with Crippen LogP contribution in [0.4, 0.5) is 0 Å². The molecule has 2 heteroatoms. The summed E-state index contributed by atoms with van der Waals surface area (Å²) in [5.74, 6) is 0. The number of nitrogens with one attached hydrogen (secondary N) is 1. The molecule has 0 bridgehead atoms. The van der Waals surface area contributed by atoms with Gasteiger partial charge >= 0.3 is 0 Å². The van der Waals surface area contributed by atoms with Gasteiger partial charge in [0.25, 0.3) is 0 Å². The van der Waals surface area contributed by atoms with Crippen LogP contribution >= 0.6 is 22.6 Å². The van der Waals surface area contributed by atoms with Crippen molar-refractivity contribution in [3.8, 4) is 0 Å². The molecule has 1 aliphatic heterocycles. The highest BCUT2D eigenvalue weighted by Gasteiger charge is 2.29. The third-order valence-corrected chi connectivity index (χ3v) is 3.63. The summed E-state index contributed by atoms with van der Waals surface area (Å²) in [6, 6.07) is 8.91. The second kappa shape index (κ2) is 3.58. The van der Waals surface area contributed by atoms with Crippen LogP contribution in [0.1, 0.15) is 18.9 Å². The lowest BCUT2D eigenvalue weighted by Crippen LogP contribution is -2.24. The molecular weight excluding hydrogens is 273 g/mol. The van der Waals surface area contributed by atoms with Gasteiger partial charge in [-0.15, -0.1) is 0 Å². The van der Waals surface area contributed by atoms with Crippen LogP contribution in [-0.2, 0) is 5.41 Å². The Morgan fingerprint density at radius 3 is 2.54 bits per heavy atom. The van der Waals surface area contributed by atoms with E-state index in [-0.39, 0.29) is 0 Å². The summed E-state index contributed by atoms with van der Waals surface area (Å²) in [6.45, 7) is 4.62. The molecule has 0 amide bonds. The first-order valence-electron chi connectivity index (χ1n) is 4.67. The number of rotatable bonds is 1. The van der Waals surface area contributed by atoms with Gasteiger partial charge in [0.2, 0.25) is 0 Å². The Morgan fingerprint density at radius 2 is 2.00 bits per heavy atom. The molecule has 0 aliphatic carbocycles. The molecule has 0 saturated carbocycles. The molecule has 1 saturated heterocycles. The van der Waals surface area contributed by atoms with Crippen molar-refractivity contribution in [2.24, 2.45) is 0 Å². The minimum absolute atomic E-state index is 0.365. The zero-order valence-corrected chi connectivity index (χ0v) is 9.97. The normalized spacial score (nSPS) is 27.8. The summed E-state index contributed by atoms with van der Waals surface area (Å²) in [4.78, 5) is 0. The van der Waals surface area contributed by atoms with Crippen LogP contribution < -0.4 is 5.32 Å². The first-order chi connectivity index (χ1) is 6.21. The Morgan fingerprint density at radius 1 is 1.31 bits per heavy atom. The van der Waals surface area contributed by atoms with Crippen molar-refractivity contribution in [2.45, 2.75) is 18.8 Å². The summed E-state index contributed by atoms with van der Waals surface area (Å²) in [5.41, 5.74) is 1.84. The topological polar surface area (TPSA) is 12.0 Å². The summed E-state index contributed by atoms with van der Waals surface area (Å²) in [5, 5.41) is 3.42. The smallest absolute Gasteiger partial charge is 0.0130 e. The fourth-order valence-electron chi connectivity index (χ4n) is 1.92. The van der Waals surface area contributed by atoms with E-state index in [0.29, 0.717) is 5.41 Å². The van der Waals surface area contributed by atoms with Crippen molar-refractivity contribution < 1.29 is 0 Å². The van der Waals surface area contributed by atoms with E-state index in [1.807, 2.05) is 0 Å². The molecule has 0 radical (unpaired) electrons. The monoisotopic (exact) mass is 287 g/mol. The molecule has 0 aromatic heterocycles. The van der Waals surface area contributed by atoms with Crippen LogP contribution in [-0.4, -0.2) is 13.1 Å². The molecule has 13 heavy (non-hydrogen) atoms. The van der Waals surface area contributed by atoms with E-state index in [1.165, 1.54) is 15.6 Å². The zero-order valence-electron chi connectivity index (χ0n) is 7.81. The van der Waals surface area contributed by atoms with Crippen molar-refractivity contribution in [3.63, 3.8) is 0 Å². The van der Waals surface area contributed by atoms with E-state index in [4.69, 9.17) is 0 Å². The average Bonchev–Trinajstić information content (AvgIpc) is 2.54. The predicted octanol–water partition coefficient (Wildman–Crippen LogP) is 2.54. The van der Waals surface area contributed by atoms with Crippen molar-refractivity contribution in [3.05, 3.63) is 33.4 Å². The highest BCUT2D eigenvalue weighted by Crippen LogP contribution is 2.30. The highest BCUT2D eigenvalue weighted by atomic mass is 127. The lowest BCUT2D eigenvalue weighted by molar-refractivity contribution is 0.525. The molecular formula is C11H14IN. The maximum atomic E-state index is 3.42. The fraction of sp³-hybridized carbons (Fsp3) is 0.455. The Hall–Kier alpha value is -0.0900. The van der Waals surface area contributed by atoms with E-state index in [2.05, 4.69) is 59.1 Å². The van der Waals surface area contributed by atoms with E-state index in [1.54, 1.807) is 0 Å². The molecule has 1 aliphatic rings. The molecule has 70 valence electrons. The van der Waals surface area contributed by atoms with Crippen LogP contribution in [0.2, 0.25) is 0 Å². The average molecular weight is 287 g/mol. The third-order valence-electron chi connectivity index (χ3n) is 2.91. The Balaban J connectivity index is 2.29. The number of hydrogen-bond donors (Lipinski definition) is 1. The van der Waals surface area contributed by atoms with E-state index in [9.17, 15) is 0 Å². The van der Waals surface area contributed by atoms with Gasteiger partial charge in [-0.25, -0.2) is 0 Å². The Labute approximate surface area is 93.1 Å². The molecule has 2 rings (SSSR count). The summed E-state index contributed by atoms with van der Waals surface area (Å²) < 4.78 is 1.32. The van der Waals surface area contributed by atoms with Crippen molar-refractivity contribution >= 4 is 22.6 Å². The lowest BCUT2D eigenvalue weighted by Gasteiger charge is -2.23. The molecule has 0 spiro atoms. The zero-order chi connectivity index (χ0) is 9.31. The molecule has 1 aromatic carbocycles. The third kappa shape index (κ3) is 1.89. The van der Waals surface area contributed by atoms with Gasteiger partial charge < -0.3 is 5.32 Å². The summed E-state index contributed by atoms with van der Waals surface area (Å²) in [7, 11) is 0. The summed E-state index contributed by atoms with van der Waals surface area (Å²) >= 11 is 2.35. The molecule has 1 N–H and O–H groups in total. The predicted molar refractivity (Wildman–Crippen MR) is 64.0 cm³/mol. The molecule has 1 heterocycles. The van der Waals surface area contributed by atoms with E-state index < -0.39 is 0 Å². The quantitative estimate of drug-likeness (QED) is 0.783. The van der Waals surface area contributed by atoms with Crippen molar-refractivity contribution in [1.29, 1.82) is 0 Å². The van der Waals surface area contributed by atoms with Gasteiger partial charge in [0.15, 0.2) is 0 Å². The SMILES string of the molecule is CC1(c2ccc(I)cc2)CCNC1. The van der Waals surface area contributed by atoms with Gasteiger partial charge in [-0.2, -0.15) is 0 Å². The highest BCUT2D eigenvalue weighted by molar-refractivity contribution is 14.1. The van der Waals surface area contributed by atoms with Gasteiger partial charge in [0.05, 0.1) is 0 Å². The second-order valence-electron chi connectivity index (χ2n) is 3.99. The minimum Gasteiger partial charge on any atom is -0.316 e. The molecule has 1 aromatic rings. The van der Waals surface area contributed by atoms with E-state index in [0.717, 1.165) is 13.1 Å². The van der Waals surface area contributed by atoms with Gasteiger partial charge in [0.1, 0.15) is 0 Å². The van der Waals surface area contributed by atoms with E-state index >= 15 is 0 Å². The van der Waals surface area contributed by atoms with Crippen molar-refractivity contribution in [1.82, 2.24) is 5.32 Å². The Bertz CT molecular complexity index is 285. The van der Waals surface area contributed by atoms with Gasteiger partial charge in [-0.3, -0.25) is 0 Å². The standard InChI is InChI=1S/C11H14IN/c1-11(6-7-13-8-11)9-2-4-10(12)5-3-9/h2-5,13H,6-8H2,1H3. The van der Waals surface area contributed by atoms with Crippen LogP contribution in [0.15, 0.2) is 24.3 Å². The number of benzene rings is 1. The maximum absolute atomic E-state index is 3.42.